The van der Waals surface area contributed by atoms with Gasteiger partial charge in [0.05, 0.1) is 5.54 Å². The minimum atomic E-state index is -0.737. The van der Waals surface area contributed by atoms with Crippen molar-refractivity contribution in [3.05, 3.63) is 23.8 Å². The van der Waals surface area contributed by atoms with Crippen molar-refractivity contribution in [1.29, 1.82) is 0 Å². The lowest BCUT2D eigenvalue weighted by Gasteiger charge is -2.31. The number of hydrogen-bond acceptors (Lipinski definition) is 3. The summed E-state index contributed by atoms with van der Waals surface area (Å²) in [4.78, 5) is 24.0. The van der Waals surface area contributed by atoms with Gasteiger partial charge in [0.1, 0.15) is 0 Å². The van der Waals surface area contributed by atoms with Crippen molar-refractivity contribution in [3.63, 3.8) is 0 Å². The van der Waals surface area contributed by atoms with Crippen LogP contribution in [-0.4, -0.2) is 17.4 Å². The number of amides is 2. The Morgan fingerprint density at radius 1 is 1.14 bits per heavy atom. The minimum Gasteiger partial charge on any atom is -0.326 e. The van der Waals surface area contributed by atoms with E-state index >= 15 is 0 Å². The Balaban J connectivity index is 1.74. The molecule has 0 unspecified atom stereocenters. The molecule has 0 aromatic heterocycles. The quantitative estimate of drug-likeness (QED) is 0.785. The second-order valence-electron chi connectivity index (χ2n) is 6.44. The normalized spacial score (nSPS) is 20.5. The highest BCUT2D eigenvalue weighted by atomic mass is 16.2. The van der Waals surface area contributed by atoms with Crippen LogP contribution in [0.5, 0.6) is 0 Å². The smallest absolute Gasteiger partial charge is 0.244 e. The average Bonchev–Trinajstić information content (AvgIpc) is 2.68. The van der Waals surface area contributed by atoms with Crippen LogP contribution >= 0.6 is 0 Å². The molecule has 22 heavy (non-hydrogen) atoms. The molecule has 3 rings (SSSR count). The van der Waals surface area contributed by atoms with Gasteiger partial charge in [-0.1, -0.05) is 19.3 Å². The molecule has 0 bridgehead atoms. The standard InChI is InChI=1S/C17H23N3O2/c18-17(9-2-1-3-10-17)16(22)19-13-7-8-14-12(11-13)5-4-6-15(21)20-14/h7-8,11H,1-6,9-10,18H2,(H,19,22)(H,20,21). The predicted molar refractivity (Wildman–Crippen MR) is 86.6 cm³/mol. The number of rotatable bonds is 2. The third-order valence-electron chi connectivity index (χ3n) is 4.69. The molecule has 118 valence electrons. The van der Waals surface area contributed by atoms with Crippen molar-refractivity contribution >= 4 is 23.2 Å². The van der Waals surface area contributed by atoms with Crippen LogP contribution in [0, 0.1) is 0 Å². The molecule has 0 spiro atoms. The molecule has 0 saturated heterocycles. The first-order valence-corrected chi connectivity index (χ1v) is 8.10. The number of anilines is 2. The van der Waals surface area contributed by atoms with E-state index in [4.69, 9.17) is 5.73 Å². The van der Waals surface area contributed by atoms with E-state index in [9.17, 15) is 9.59 Å². The molecule has 5 nitrogen and oxygen atoms in total. The fourth-order valence-corrected chi connectivity index (χ4v) is 3.32. The highest BCUT2D eigenvalue weighted by Crippen LogP contribution is 2.29. The molecule has 1 aromatic rings. The topological polar surface area (TPSA) is 84.2 Å². The summed E-state index contributed by atoms with van der Waals surface area (Å²) in [5, 5.41) is 5.85. The lowest BCUT2D eigenvalue weighted by Crippen LogP contribution is -2.52. The molecule has 1 saturated carbocycles. The van der Waals surface area contributed by atoms with Gasteiger partial charge in [0.2, 0.25) is 11.8 Å². The van der Waals surface area contributed by atoms with Gasteiger partial charge in [0, 0.05) is 17.8 Å². The number of fused-ring (bicyclic) bond motifs is 1. The Labute approximate surface area is 130 Å². The van der Waals surface area contributed by atoms with Crippen molar-refractivity contribution in [2.24, 2.45) is 5.73 Å². The number of hydrogen-bond donors (Lipinski definition) is 3. The van der Waals surface area contributed by atoms with E-state index in [2.05, 4.69) is 10.6 Å². The van der Waals surface area contributed by atoms with Crippen LogP contribution in [0.1, 0.15) is 50.5 Å². The maximum Gasteiger partial charge on any atom is 0.244 e. The lowest BCUT2D eigenvalue weighted by atomic mass is 9.82. The van der Waals surface area contributed by atoms with Gasteiger partial charge in [0.15, 0.2) is 0 Å². The molecule has 1 aromatic carbocycles. The molecule has 1 fully saturated rings. The molecule has 0 atom stereocenters. The summed E-state index contributed by atoms with van der Waals surface area (Å²) in [5.74, 6) is -0.0385. The zero-order valence-corrected chi connectivity index (χ0v) is 12.8. The van der Waals surface area contributed by atoms with Crippen LogP contribution in [0.25, 0.3) is 0 Å². The van der Waals surface area contributed by atoms with E-state index in [0.717, 1.165) is 61.9 Å². The number of benzene rings is 1. The van der Waals surface area contributed by atoms with Gasteiger partial charge in [-0.2, -0.15) is 0 Å². The van der Waals surface area contributed by atoms with Crippen molar-refractivity contribution in [3.8, 4) is 0 Å². The Morgan fingerprint density at radius 3 is 2.68 bits per heavy atom. The van der Waals surface area contributed by atoms with Crippen LogP contribution in [0.3, 0.4) is 0 Å². The van der Waals surface area contributed by atoms with E-state index in [-0.39, 0.29) is 11.8 Å². The van der Waals surface area contributed by atoms with Gasteiger partial charge in [-0.3, -0.25) is 9.59 Å². The number of carbonyl (C=O) groups is 2. The number of nitrogens with two attached hydrogens (primary N) is 1. The number of aryl methyl sites for hydroxylation is 1. The van der Waals surface area contributed by atoms with Gasteiger partial charge < -0.3 is 16.4 Å². The summed E-state index contributed by atoms with van der Waals surface area (Å²) in [6, 6.07) is 5.64. The Bertz CT molecular complexity index is 592. The highest BCUT2D eigenvalue weighted by Gasteiger charge is 2.35. The Morgan fingerprint density at radius 2 is 1.91 bits per heavy atom. The second-order valence-corrected chi connectivity index (χ2v) is 6.44. The summed E-state index contributed by atoms with van der Waals surface area (Å²) in [6.07, 6.45) is 6.90. The monoisotopic (exact) mass is 301 g/mol. The molecular formula is C17H23N3O2. The van der Waals surface area contributed by atoms with E-state index in [0.29, 0.717) is 6.42 Å². The fourth-order valence-electron chi connectivity index (χ4n) is 3.32. The van der Waals surface area contributed by atoms with Crippen molar-refractivity contribution in [2.45, 2.75) is 56.9 Å². The minimum absolute atomic E-state index is 0.0543. The molecule has 1 aliphatic heterocycles. The molecule has 5 heteroatoms. The third-order valence-corrected chi connectivity index (χ3v) is 4.69. The fraction of sp³-hybridized carbons (Fsp3) is 0.529. The predicted octanol–water partition coefficient (Wildman–Crippen LogP) is 2.56. The van der Waals surface area contributed by atoms with E-state index in [1.165, 1.54) is 0 Å². The summed E-state index contributed by atoms with van der Waals surface area (Å²) < 4.78 is 0. The van der Waals surface area contributed by atoms with Gasteiger partial charge >= 0.3 is 0 Å². The van der Waals surface area contributed by atoms with Gasteiger partial charge in [-0.15, -0.1) is 0 Å². The third kappa shape index (κ3) is 3.14. The zero-order valence-electron chi connectivity index (χ0n) is 12.8. The summed E-state index contributed by atoms with van der Waals surface area (Å²) in [5.41, 5.74) is 8.20. The molecular weight excluding hydrogens is 278 g/mol. The molecule has 2 aliphatic rings. The Kier molecular flexibility index (Phi) is 4.16. The second kappa shape index (κ2) is 6.08. The van der Waals surface area contributed by atoms with Crippen LogP contribution in [0.4, 0.5) is 11.4 Å². The lowest BCUT2D eigenvalue weighted by molar-refractivity contribution is -0.122. The molecule has 0 radical (unpaired) electrons. The summed E-state index contributed by atoms with van der Waals surface area (Å²) in [6.45, 7) is 0. The number of carbonyl (C=O) groups excluding carboxylic acids is 2. The van der Waals surface area contributed by atoms with E-state index < -0.39 is 5.54 Å². The first kappa shape index (κ1) is 15.0. The molecule has 2 amide bonds. The average molecular weight is 301 g/mol. The van der Waals surface area contributed by atoms with Crippen LogP contribution < -0.4 is 16.4 Å². The maximum absolute atomic E-state index is 12.5. The zero-order chi connectivity index (χ0) is 15.6. The van der Waals surface area contributed by atoms with Gasteiger partial charge in [0.25, 0.3) is 0 Å². The van der Waals surface area contributed by atoms with Crippen molar-refractivity contribution in [1.82, 2.24) is 0 Å². The summed E-state index contributed by atoms with van der Waals surface area (Å²) >= 11 is 0. The van der Waals surface area contributed by atoms with Gasteiger partial charge in [-0.25, -0.2) is 0 Å². The molecule has 1 heterocycles. The van der Waals surface area contributed by atoms with Crippen LogP contribution in [0.15, 0.2) is 18.2 Å². The maximum atomic E-state index is 12.5. The van der Waals surface area contributed by atoms with Crippen molar-refractivity contribution in [2.75, 3.05) is 10.6 Å². The van der Waals surface area contributed by atoms with Crippen LogP contribution in [-0.2, 0) is 16.0 Å². The molecule has 1 aliphatic carbocycles. The largest absolute Gasteiger partial charge is 0.326 e. The van der Waals surface area contributed by atoms with Gasteiger partial charge in [-0.05, 0) is 49.4 Å². The van der Waals surface area contributed by atoms with Crippen LogP contribution in [0.2, 0.25) is 0 Å². The summed E-state index contributed by atoms with van der Waals surface area (Å²) in [7, 11) is 0. The number of nitrogens with one attached hydrogen (secondary N) is 2. The van der Waals surface area contributed by atoms with Crippen molar-refractivity contribution < 1.29 is 9.59 Å². The first-order chi connectivity index (χ1) is 10.6. The Hall–Kier alpha value is -1.88. The van der Waals surface area contributed by atoms with E-state index in [1.807, 2.05) is 18.2 Å². The first-order valence-electron chi connectivity index (χ1n) is 8.10. The van der Waals surface area contributed by atoms with E-state index in [1.54, 1.807) is 0 Å². The SMILES string of the molecule is NC1(C(=O)Nc2ccc3c(c2)CCCC(=O)N3)CCCCC1. The molecule has 4 N–H and O–H groups in total. The highest BCUT2D eigenvalue weighted by molar-refractivity contribution is 5.99.